The molecule has 0 N–H and O–H groups in total. The van der Waals surface area contributed by atoms with E-state index in [0.717, 1.165) is 0 Å². The van der Waals surface area contributed by atoms with Crippen LogP contribution in [0.25, 0.3) is 0 Å². The van der Waals surface area contributed by atoms with Gasteiger partial charge in [0.2, 0.25) is 0 Å². The fourth-order valence-corrected chi connectivity index (χ4v) is 1.04. The fraction of sp³-hybridized carbons (Fsp3) is 0.250. The zero-order chi connectivity index (χ0) is 14.2. The van der Waals surface area contributed by atoms with Crippen molar-refractivity contribution < 1.29 is 86.6 Å². The first kappa shape index (κ1) is 19.7. The van der Waals surface area contributed by atoms with Crippen molar-refractivity contribution in [2.75, 3.05) is 0 Å². The van der Waals surface area contributed by atoms with Crippen molar-refractivity contribution in [2.24, 2.45) is 0 Å². The summed E-state index contributed by atoms with van der Waals surface area (Å²) in [7, 11) is 0. The van der Waals surface area contributed by atoms with Crippen LogP contribution in [0.15, 0.2) is 24.3 Å². The molecule has 102 valence electrons. The summed E-state index contributed by atoms with van der Waals surface area (Å²) in [5.74, 6) is -0.803. The van der Waals surface area contributed by atoms with E-state index in [9.17, 15) is 30.5 Å². The predicted molar refractivity (Wildman–Crippen MR) is 54.6 cm³/mol. The van der Waals surface area contributed by atoms with E-state index in [1.165, 1.54) is 15.9 Å². The molecular formula is C8H4BBrF7KO. The number of halogens is 8. The Morgan fingerprint density at radius 3 is 1.68 bits per heavy atom. The van der Waals surface area contributed by atoms with E-state index in [-0.39, 0.29) is 51.4 Å². The van der Waals surface area contributed by atoms with E-state index in [0.29, 0.717) is 24.3 Å². The average molecular weight is 379 g/mol. The molecule has 0 aliphatic rings. The SMILES string of the molecule is F[B-](F)(F)c1ccc(OC(F)(F)C(F)(F)Br)cc1.[K+]. The Morgan fingerprint density at radius 2 is 1.37 bits per heavy atom. The zero-order valence-corrected chi connectivity index (χ0v) is 14.0. The quantitative estimate of drug-likeness (QED) is 0.426. The van der Waals surface area contributed by atoms with Crippen LogP contribution in [0, 0.1) is 0 Å². The fourth-order valence-electron chi connectivity index (χ4n) is 0.960. The van der Waals surface area contributed by atoms with Gasteiger partial charge in [-0.1, -0.05) is 12.1 Å². The van der Waals surface area contributed by atoms with E-state index >= 15 is 0 Å². The topological polar surface area (TPSA) is 9.23 Å². The Balaban J connectivity index is 0.00000324. The second-order valence-electron chi connectivity index (χ2n) is 3.26. The minimum Gasteiger partial charge on any atom is -0.445 e. The second kappa shape index (κ2) is 6.65. The first-order valence-corrected chi connectivity index (χ1v) is 5.16. The van der Waals surface area contributed by atoms with Crippen molar-refractivity contribution in [2.45, 2.75) is 10.9 Å². The molecule has 11 heteroatoms. The number of rotatable bonds is 4. The molecule has 0 bridgehead atoms. The van der Waals surface area contributed by atoms with Gasteiger partial charge in [-0.25, -0.2) is 0 Å². The molecule has 0 aliphatic heterocycles. The minimum absolute atomic E-state index is 0. The first-order chi connectivity index (χ1) is 7.93. The number of benzene rings is 1. The third-order valence-electron chi connectivity index (χ3n) is 1.83. The molecule has 1 nitrogen and oxygen atoms in total. The summed E-state index contributed by atoms with van der Waals surface area (Å²) in [6, 6.07) is 2.02. The summed E-state index contributed by atoms with van der Waals surface area (Å²) in [6.07, 6.45) is -4.88. The number of hydrogen-bond acceptors (Lipinski definition) is 1. The van der Waals surface area contributed by atoms with Crippen molar-refractivity contribution in [3.8, 4) is 5.75 Å². The van der Waals surface area contributed by atoms with Gasteiger partial charge in [-0.15, -0.1) is 5.46 Å². The molecule has 0 fully saturated rings. The number of hydrogen-bond donors (Lipinski definition) is 0. The van der Waals surface area contributed by atoms with Gasteiger partial charge < -0.3 is 17.7 Å². The molecule has 1 aromatic rings. The summed E-state index contributed by atoms with van der Waals surface area (Å²) in [6.45, 7) is -5.28. The standard InChI is InChI=1S/C8H4BBrF7O.K/c10-7(11,12)8(13,14)18-6-3-1-5(2-4-6)9(15,16)17;/h1-4H;/q-1;+1. The largest absolute Gasteiger partial charge is 1.00 e. The van der Waals surface area contributed by atoms with Crippen molar-refractivity contribution in [1.82, 2.24) is 0 Å². The predicted octanol–water partition coefficient (Wildman–Crippen LogP) is 0.704. The van der Waals surface area contributed by atoms with Crippen molar-refractivity contribution in [3.05, 3.63) is 24.3 Å². The molecule has 0 heterocycles. The van der Waals surface area contributed by atoms with E-state index < -0.39 is 29.1 Å². The molecule has 0 saturated heterocycles. The number of ether oxygens (including phenoxy) is 1. The molecule has 0 radical (unpaired) electrons. The van der Waals surface area contributed by atoms with Gasteiger partial charge in [0.1, 0.15) is 5.75 Å². The van der Waals surface area contributed by atoms with Crippen LogP contribution in [-0.4, -0.2) is 17.9 Å². The second-order valence-corrected chi connectivity index (χ2v) is 4.26. The Morgan fingerprint density at radius 1 is 0.947 bits per heavy atom. The van der Waals surface area contributed by atoms with Crippen molar-refractivity contribution in [1.29, 1.82) is 0 Å². The maximum atomic E-state index is 12.7. The monoisotopic (exact) mass is 378 g/mol. The molecule has 0 aliphatic carbocycles. The van der Waals surface area contributed by atoms with Gasteiger partial charge in [-0.2, -0.15) is 17.6 Å². The van der Waals surface area contributed by atoms with Gasteiger partial charge in [0.15, 0.2) is 0 Å². The third-order valence-corrected chi connectivity index (χ3v) is 2.30. The summed E-state index contributed by atoms with van der Waals surface area (Å²) >= 11 is 1.42. The molecule has 0 unspecified atom stereocenters. The van der Waals surface area contributed by atoms with Gasteiger partial charge in [0.25, 0.3) is 0 Å². The van der Waals surface area contributed by atoms with Crippen LogP contribution in [0.1, 0.15) is 0 Å². The van der Waals surface area contributed by atoms with Gasteiger partial charge >= 0.3 is 69.3 Å². The number of alkyl halides is 5. The Labute approximate surface area is 154 Å². The van der Waals surface area contributed by atoms with Gasteiger partial charge in [-0.3, -0.25) is 0 Å². The van der Waals surface area contributed by atoms with Gasteiger partial charge in [-0.05, 0) is 12.1 Å². The zero-order valence-electron chi connectivity index (χ0n) is 9.32. The summed E-state index contributed by atoms with van der Waals surface area (Å²) in [5, 5.41) is 0. The van der Waals surface area contributed by atoms with Crippen LogP contribution < -0.4 is 61.6 Å². The third kappa shape index (κ3) is 5.54. The van der Waals surface area contributed by atoms with E-state index in [1.54, 1.807) is 0 Å². The molecule has 19 heavy (non-hydrogen) atoms. The van der Waals surface area contributed by atoms with E-state index in [1.807, 2.05) is 0 Å². The first-order valence-electron chi connectivity index (χ1n) is 4.37. The molecule has 0 atom stereocenters. The Kier molecular flexibility index (Phi) is 6.90. The Bertz CT molecular complexity index is 417. The van der Waals surface area contributed by atoms with Crippen molar-refractivity contribution >= 4 is 28.4 Å². The van der Waals surface area contributed by atoms with Crippen LogP contribution in [0.4, 0.5) is 30.5 Å². The van der Waals surface area contributed by atoms with Crippen LogP contribution in [0.5, 0.6) is 5.75 Å². The van der Waals surface area contributed by atoms with Gasteiger partial charge in [0.05, 0.1) is 0 Å². The smallest absolute Gasteiger partial charge is 0.445 e. The van der Waals surface area contributed by atoms with Gasteiger partial charge in [0, 0.05) is 15.9 Å². The summed E-state index contributed by atoms with van der Waals surface area (Å²) in [4.78, 5) is -4.63. The molecule has 1 rings (SSSR count). The molecule has 0 saturated carbocycles. The minimum atomic E-state index is -5.28. The van der Waals surface area contributed by atoms with E-state index in [2.05, 4.69) is 4.74 Å². The average Bonchev–Trinajstić information content (AvgIpc) is 2.14. The molecule has 0 aromatic heterocycles. The van der Waals surface area contributed by atoms with Crippen LogP contribution in [-0.2, 0) is 0 Å². The summed E-state index contributed by atoms with van der Waals surface area (Å²) in [5.41, 5.74) is -1.05. The normalized spacial score (nSPS) is 12.8. The van der Waals surface area contributed by atoms with E-state index in [4.69, 9.17) is 0 Å². The maximum absolute atomic E-state index is 12.7. The molecular weight excluding hydrogens is 375 g/mol. The maximum Gasteiger partial charge on any atom is 1.00 e. The van der Waals surface area contributed by atoms with Crippen LogP contribution >= 0.6 is 15.9 Å². The molecule has 0 amide bonds. The van der Waals surface area contributed by atoms with Crippen LogP contribution in [0.2, 0.25) is 0 Å². The summed E-state index contributed by atoms with van der Waals surface area (Å²) < 4.78 is 90.3. The molecule has 1 aromatic carbocycles. The molecule has 0 spiro atoms. The Hall–Kier alpha value is 0.711. The van der Waals surface area contributed by atoms with Crippen molar-refractivity contribution in [3.63, 3.8) is 0 Å². The van der Waals surface area contributed by atoms with Crippen LogP contribution in [0.3, 0.4) is 0 Å².